The van der Waals surface area contributed by atoms with Gasteiger partial charge in [0.25, 0.3) is 12.3 Å². The van der Waals surface area contributed by atoms with Gasteiger partial charge in [0.15, 0.2) is 0 Å². The fourth-order valence-corrected chi connectivity index (χ4v) is 2.26. The summed E-state index contributed by atoms with van der Waals surface area (Å²) >= 11 is 0. The van der Waals surface area contributed by atoms with Crippen LogP contribution in [-0.4, -0.2) is 37.5 Å². The van der Waals surface area contributed by atoms with E-state index in [1.165, 1.54) is 12.3 Å². The molecule has 0 radical (unpaired) electrons. The molecule has 1 aliphatic heterocycles. The second-order valence-corrected chi connectivity index (χ2v) is 5.77. The maximum absolute atomic E-state index is 13.2. The lowest BCUT2D eigenvalue weighted by Crippen LogP contribution is -2.31. The minimum Gasteiger partial charge on any atom is -0.385 e. The molecule has 0 aromatic carbocycles. The largest absolute Gasteiger partial charge is 0.385 e. The van der Waals surface area contributed by atoms with Gasteiger partial charge in [0.2, 0.25) is 0 Å². The van der Waals surface area contributed by atoms with E-state index in [-0.39, 0.29) is 29.3 Å². The van der Waals surface area contributed by atoms with Gasteiger partial charge < -0.3 is 26.8 Å². The third kappa shape index (κ3) is 6.45. The number of allylic oxidation sites excluding steroid dienone is 7. The first-order chi connectivity index (χ1) is 13.9. The van der Waals surface area contributed by atoms with Crippen molar-refractivity contribution in [2.45, 2.75) is 12.8 Å². The summed E-state index contributed by atoms with van der Waals surface area (Å²) in [5.74, 6) is -1.25. The van der Waals surface area contributed by atoms with Crippen LogP contribution in [0.3, 0.4) is 0 Å². The number of aliphatic imine (C=N–C) groups is 1. The molecule has 7 nitrogen and oxygen atoms in total. The molecule has 0 bridgehead atoms. The molecule has 5 N–H and O–H groups in total. The molecule has 0 aromatic rings. The number of nitrogens with one attached hydrogen (secondary N) is 5. The monoisotopic (exact) mass is 404 g/mol. The highest BCUT2D eigenvalue weighted by atomic mass is 19.3. The fraction of sp³-hybridized carbons (Fsp3) is 0.158. The van der Waals surface area contributed by atoms with Crippen LogP contribution in [0.1, 0.15) is 6.42 Å². The summed E-state index contributed by atoms with van der Waals surface area (Å²) in [5, 5.41) is 22.4. The number of carbonyl (C=O) groups excluding carboxylic acids is 1. The van der Waals surface area contributed by atoms with Crippen LogP contribution >= 0.6 is 0 Å². The quantitative estimate of drug-likeness (QED) is 0.317. The average Bonchev–Trinajstić information content (AvgIpc) is 2.92. The Labute approximate surface area is 165 Å². The highest BCUT2D eigenvalue weighted by Crippen LogP contribution is 2.14. The van der Waals surface area contributed by atoms with E-state index >= 15 is 0 Å². The molecule has 1 aliphatic carbocycles. The van der Waals surface area contributed by atoms with Crippen LogP contribution in [0.4, 0.5) is 13.2 Å². The Kier molecular flexibility index (Phi) is 7.89. The lowest BCUT2D eigenvalue weighted by Gasteiger charge is -2.16. The molecular formula is C19H19F3N6O. The summed E-state index contributed by atoms with van der Waals surface area (Å²) in [4.78, 5) is 16.2. The van der Waals surface area contributed by atoms with Gasteiger partial charge in [-0.1, -0.05) is 18.2 Å². The van der Waals surface area contributed by atoms with Crippen molar-refractivity contribution in [3.05, 3.63) is 70.8 Å². The third-order valence-electron chi connectivity index (χ3n) is 3.70. The van der Waals surface area contributed by atoms with Gasteiger partial charge in [-0.25, -0.2) is 18.2 Å². The van der Waals surface area contributed by atoms with Crippen molar-refractivity contribution in [3.8, 4) is 0 Å². The third-order valence-corrected chi connectivity index (χ3v) is 3.70. The van der Waals surface area contributed by atoms with Crippen molar-refractivity contribution in [2.24, 2.45) is 4.99 Å². The van der Waals surface area contributed by atoms with Crippen LogP contribution in [0.25, 0.3) is 0 Å². The van der Waals surface area contributed by atoms with Gasteiger partial charge in [0, 0.05) is 37.8 Å². The zero-order valence-corrected chi connectivity index (χ0v) is 15.2. The van der Waals surface area contributed by atoms with Crippen LogP contribution < -0.4 is 16.0 Å². The van der Waals surface area contributed by atoms with Gasteiger partial charge in [-0.05, 0) is 17.7 Å². The molecule has 0 saturated carbocycles. The van der Waals surface area contributed by atoms with E-state index in [0.717, 1.165) is 24.1 Å². The molecule has 0 atom stereocenters. The minimum absolute atomic E-state index is 0.0688. The van der Waals surface area contributed by atoms with E-state index in [0.29, 0.717) is 12.8 Å². The van der Waals surface area contributed by atoms with E-state index in [1.54, 1.807) is 18.2 Å². The Morgan fingerprint density at radius 1 is 1.28 bits per heavy atom. The number of nitrogens with zero attached hydrogens (tertiary/aromatic N) is 1. The van der Waals surface area contributed by atoms with Crippen molar-refractivity contribution in [2.75, 3.05) is 6.54 Å². The van der Waals surface area contributed by atoms with E-state index in [1.807, 2.05) is 0 Å². The molecule has 2 rings (SSSR count). The topological polar surface area (TPSA) is 113 Å². The summed E-state index contributed by atoms with van der Waals surface area (Å²) in [6.07, 6.45) is 8.92. The summed E-state index contributed by atoms with van der Waals surface area (Å²) < 4.78 is 38.8. The Bertz CT molecular complexity index is 894. The van der Waals surface area contributed by atoms with Gasteiger partial charge in [-0.15, -0.1) is 0 Å². The molecule has 0 spiro atoms. The van der Waals surface area contributed by atoms with Gasteiger partial charge >= 0.3 is 0 Å². The standard InChI is InChI=1S/C19H19F3N6O/c20-13-3-1-2-12(4-5-13)10-25-11-14(8-23)27-19(29)15(9-24)18-26-7-6-16(28-18)17(21)22/h1-2,4-9,11,17,23-25,28H,3,10H2,(H,27,29)/b14-11+,18-15+,23-8?,24-9?. The van der Waals surface area contributed by atoms with Gasteiger partial charge in [-0.3, -0.25) is 4.79 Å². The summed E-state index contributed by atoms with van der Waals surface area (Å²) in [7, 11) is 0. The zero-order chi connectivity index (χ0) is 21.2. The molecule has 0 aromatic heterocycles. The van der Waals surface area contributed by atoms with Crippen molar-refractivity contribution in [3.63, 3.8) is 0 Å². The van der Waals surface area contributed by atoms with E-state index in [2.05, 4.69) is 20.9 Å². The van der Waals surface area contributed by atoms with Crippen molar-refractivity contribution in [1.29, 1.82) is 10.8 Å². The lowest BCUT2D eigenvalue weighted by atomic mass is 10.2. The maximum atomic E-state index is 13.2. The normalized spacial score (nSPS) is 18.1. The Balaban J connectivity index is 2.04. The van der Waals surface area contributed by atoms with Crippen molar-refractivity contribution >= 4 is 24.6 Å². The predicted molar refractivity (Wildman–Crippen MR) is 106 cm³/mol. The zero-order valence-electron chi connectivity index (χ0n) is 15.2. The number of hydrogen-bond donors (Lipinski definition) is 5. The molecule has 1 amide bonds. The fourth-order valence-electron chi connectivity index (χ4n) is 2.26. The average molecular weight is 404 g/mol. The molecule has 152 valence electrons. The first kappa shape index (κ1) is 21.6. The smallest absolute Gasteiger partial charge is 0.278 e. The van der Waals surface area contributed by atoms with E-state index in [4.69, 9.17) is 10.8 Å². The SMILES string of the molecule is N=C/C(C(=O)N/C(C=N)=C/NCC1=CC=C(F)CC=C1)=C1/N=CC=C(C(F)F)N1. The van der Waals surface area contributed by atoms with Crippen LogP contribution in [-0.2, 0) is 4.79 Å². The summed E-state index contributed by atoms with van der Waals surface area (Å²) in [5.41, 5.74) is 0.135. The number of halogens is 3. The second-order valence-electron chi connectivity index (χ2n) is 5.77. The molecule has 0 unspecified atom stereocenters. The maximum Gasteiger partial charge on any atom is 0.278 e. The van der Waals surface area contributed by atoms with Crippen LogP contribution in [0, 0.1) is 10.8 Å². The van der Waals surface area contributed by atoms with Gasteiger partial charge in [0.1, 0.15) is 11.6 Å². The first-order valence-electron chi connectivity index (χ1n) is 8.46. The molecular weight excluding hydrogens is 385 g/mol. The number of rotatable bonds is 8. The molecule has 0 fully saturated rings. The minimum atomic E-state index is -2.79. The highest BCUT2D eigenvalue weighted by molar-refractivity contribution is 6.13. The summed E-state index contributed by atoms with van der Waals surface area (Å²) in [6.45, 7) is 0.320. The first-order valence-corrected chi connectivity index (χ1v) is 8.46. The number of hydrogen-bond acceptors (Lipinski definition) is 6. The molecule has 10 heteroatoms. The molecule has 29 heavy (non-hydrogen) atoms. The number of amides is 1. The second kappa shape index (κ2) is 10.6. The Hall–Kier alpha value is -3.69. The predicted octanol–water partition coefficient (Wildman–Crippen LogP) is 2.61. The highest BCUT2D eigenvalue weighted by Gasteiger charge is 2.20. The molecule has 0 saturated heterocycles. The van der Waals surface area contributed by atoms with Crippen molar-refractivity contribution < 1.29 is 18.0 Å². The number of carbonyl (C=O) groups is 1. The molecule has 1 heterocycles. The van der Waals surface area contributed by atoms with Gasteiger partial charge in [-0.2, -0.15) is 0 Å². The Morgan fingerprint density at radius 2 is 2.07 bits per heavy atom. The van der Waals surface area contributed by atoms with Crippen molar-refractivity contribution in [1.82, 2.24) is 16.0 Å². The molecule has 2 aliphatic rings. The lowest BCUT2D eigenvalue weighted by molar-refractivity contribution is -0.116. The Morgan fingerprint density at radius 3 is 2.76 bits per heavy atom. The van der Waals surface area contributed by atoms with Crippen LogP contribution in [0.5, 0.6) is 0 Å². The van der Waals surface area contributed by atoms with Crippen LogP contribution in [0.15, 0.2) is 75.8 Å². The van der Waals surface area contributed by atoms with Crippen LogP contribution in [0.2, 0.25) is 0 Å². The van der Waals surface area contributed by atoms with Gasteiger partial charge in [0.05, 0.1) is 17.0 Å². The summed E-state index contributed by atoms with van der Waals surface area (Å²) in [6, 6.07) is 0. The van der Waals surface area contributed by atoms with E-state index in [9.17, 15) is 18.0 Å². The number of alkyl halides is 2. The van der Waals surface area contributed by atoms with E-state index < -0.39 is 18.0 Å².